The first-order valence-corrected chi connectivity index (χ1v) is 10.1. The molecule has 0 unspecified atom stereocenters. The molecule has 3 aromatic carbocycles. The van der Waals surface area contributed by atoms with Gasteiger partial charge in [-0.25, -0.2) is 5.43 Å². The highest BCUT2D eigenvalue weighted by molar-refractivity contribution is 6.30. The molecule has 0 aliphatic rings. The second-order valence-electron chi connectivity index (χ2n) is 6.56. The molecule has 32 heavy (non-hydrogen) atoms. The molecule has 0 bridgehead atoms. The highest BCUT2D eigenvalue weighted by Crippen LogP contribution is 2.28. The van der Waals surface area contributed by atoms with Gasteiger partial charge < -0.3 is 18.9 Å². The number of halogens is 1. The molecule has 0 aromatic heterocycles. The van der Waals surface area contributed by atoms with Crippen molar-refractivity contribution in [2.24, 2.45) is 5.10 Å². The number of carbonyl (C=O) groups excluding carboxylic acids is 1. The number of hydrazone groups is 1. The first-order valence-electron chi connectivity index (χ1n) is 9.72. The van der Waals surface area contributed by atoms with E-state index in [0.717, 1.165) is 11.1 Å². The lowest BCUT2D eigenvalue weighted by atomic mass is 10.2. The predicted molar refractivity (Wildman–Crippen MR) is 123 cm³/mol. The van der Waals surface area contributed by atoms with Crippen molar-refractivity contribution in [2.45, 2.75) is 6.61 Å². The Bertz CT molecular complexity index is 1070. The molecular weight excluding hydrogens is 432 g/mol. The van der Waals surface area contributed by atoms with Crippen molar-refractivity contribution < 1.29 is 23.7 Å². The van der Waals surface area contributed by atoms with Gasteiger partial charge in [0.25, 0.3) is 5.91 Å². The van der Waals surface area contributed by atoms with Crippen molar-refractivity contribution in [3.8, 4) is 23.0 Å². The minimum absolute atomic E-state index is 0.196. The summed E-state index contributed by atoms with van der Waals surface area (Å²) in [5, 5.41) is 4.63. The summed E-state index contributed by atoms with van der Waals surface area (Å²) in [5.41, 5.74) is 4.14. The predicted octanol–water partition coefficient (Wildman–Crippen LogP) is 4.47. The van der Waals surface area contributed by atoms with Gasteiger partial charge in [0.15, 0.2) is 29.6 Å². The van der Waals surface area contributed by atoms with Crippen LogP contribution in [-0.4, -0.2) is 32.9 Å². The van der Waals surface area contributed by atoms with Gasteiger partial charge in [-0.15, -0.1) is 0 Å². The summed E-state index contributed by atoms with van der Waals surface area (Å²) >= 11 is 5.90. The number of para-hydroxylation sites is 2. The number of methoxy groups -OCH3 is 2. The Morgan fingerprint density at radius 1 is 0.906 bits per heavy atom. The molecule has 8 heteroatoms. The minimum Gasteiger partial charge on any atom is -0.493 e. The molecule has 3 aromatic rings. The van der Waals surface area contributed by atoms with Gasteiger partial charge >= 0.3 is 0 Å². The quantitative estimate of drug-likeness (QED) is 0.361. The van der Waals surface area contributed by atoms with Gasteiger partial charge in [-0.05, 0) is 53.6 Å². The Labute approximate surface area is 191 Å². The molecule has 0 spiro atoms. The van der Waals surface area contributed by atoms with Gasteiger partial charge in [-0.2, -0.15) is 5.10 Å². The molecule has 0 saturated carbocycles. The van der Waals surface area contributed by atoms with E-state index in [0.29, 0.717) is 34.6 Å². The number of hydrogen-bond acceptors (Lipinski definition) is 6. The molecule has 0 heterocycles. The zero-order valence-corrected chi connectivity index (χ0v) is 18.5. The molecule has 7 nitrogen and oxygen atoms in total. The summed E-state index contributed by atoms with van der Waals surface area (Å²) in [6.07, 6.45) is 1.51. The summed E-state index contributed by atoms with van der Waals surface area (Å²) in [6, 6.07) is 19.9. The standard InChI is InChI=1S/C24H23ClN2O5/c1-29-20-5-3-4-6-21(20)32-16-24(28)27-26-14-18-9-12-22(23(13-18)30-2)31-15-17-7-10-19(25)11-8-17/h3-14H,15-16H2,1-2H3,(H,27,28). The fourth-order valence-corrected chi connectivity index (χ4v) is 2.84. The molecule has 0 aliphatic heterocycles. The zero-order valence-electron chi connectivity index (χ0n) is 17.7. The Kier molecular flexibility index (Phi) is 8.34. The first-order chi connectivity index (χ1) is 15.6. The van der Waals surface area contributed by atoms with E-state index in [4.69, 9.17) is 30.5 Å². The van der Waals surface area contributed by atoms with Crippen LogP contribution in [0.3, 0.4) is 0 Å². The molecule has 0 fully saturated rings. The minimum atomic E-state index is -0.401. The second kappa shape index (κ2) is 11.6. The second-order valence-corrected chi connectivity index (χ2v) is 6.99. The SMILES string of the molecule is COc1ccccc1OCC(=O)NN=Cc1ccc(OCc2ccc(Cl)cc2)c(OC)c1. The van der Waals surface area contributed by atoms with Crippen molar-refractivity contribution >= 4 is 23.7 Å². The molecule has 0 radical (unpaired) electrons. The van der Waals surface area contributed by atoms with Gasteiger partial charge in [0.2, 0.25) is 0 Å². The number of rotatable bonds is 10. The normalized spacial score (nSPS) is 10.6. The van der Waals surface area contributed by atoms with Crippen molar-refractivity contribution in [1.29, 1.82) is 0 Å². The molecule has 0 saturated heterocycles. The molecule has 166 valence electrons. The van der Waals surface area contributed by atoms with Gasteiger partial charge in [-0.1, -0.05) is 35.9 Å². The summed E-state index contributed by atoms with van der Waals surface area (Å²) in [5.74, 6) is 1.77. The smallest absolute Gasteiger partial charge is 0.277 e. The Hall–Kier alpha value is -3.71. The summed E-state index contributed by atoms with van der Waals surface area (Å²) < 4.78 is 21.9. The maximum atomic E-state index is 12.0. The van der Waals surface area contributed by atoms with Crippen LogP contribution in [0.2, 0.25) is 5.02 Å². The fraction of sp³-hybridized carbons (Fsp3) is 0.167. The van der Waals surface area contributed by atoms with Gasteiger partial charge in [0.05, 0.1) is 20.4 Å². The number of benzene rings is 3. The van der Waals surface area contributed by atoms with E-state index in [1.165, 1.54) is 13.3 Å². The van der Waals surface area contributed by atoms with Gasteiger partial charge in [-0.3, -0.25) is 4.79 Å². The molecule has 1 N–H and O–H groups in total. The number of hydrogen-bond donors (Lipinski definition) is 1. The monoisotopic (exact) mass is 454 g/mol. The van der Waals surface area contributed by atoms with E-state index in [1.807, 2.05) is 30.3 Å². The fourth-order valence-electron chi connectivity index (χ4n) is 2.72. The highest BCUT2D eigenvalue weighted by Gasteiger charge is 2.07. The van der Waals surface area contributed by atoms with Crippen molar-refractivity contribution in [2.75, 3.05) is 20.8 Å². The van der Waals surface area contributed by atoms with E-state index in [1.54, 1.807) is 43.5 Å². The van der Waals surface area contributed by atoms with Crippen LogP contribution in [0.5, 0.6) is 23.0 Å². The summed E-state index contributed by atoms with van der Waals surface area (Å²) in [4.78, 5) is 12.0. The number of carbonyl (C=O) groups is 1. The Morgan fingerprint density at radius 3 is 2.31 bits per heavy atom. The molecule has 3 rings (SSSR count). The lowest BCUT2D eigenvalue weighted by molar-refractivity contribution is -0.123. The van der Waals surface area contributed by atoms with Crippen LogP contribution in [0, 0.1) is 0 Å². The van der Waals surface area contributed by atoms with E-state index in [-0.39, 0.29) is 6.61 Å². The number of ether oxygens (including phenoxy) is 4. The third-order valence-electron chi connectivity index (χ3n) is 4.33. The van der Waals surface area contributed by atoms with Crippen LogP contribution in [0.4, 0.5) is 0 Å². The molecule has 1 amide bonds. The lowest BCUT2D eigenvalue weighted by Crippen LogP contribution is -2.24. The topological polar surface area (TPSA) is 78.4 Å². The highest BCUT2D eigenvalue weighted by atomic mass is 35.5. The maximum Gasteiger partial charge on any atom is 0.277 e. The van der Waals surface area contributed by atoms with E-state index in [9.17, 15) is 4.79 Å². The summed E-state index contributed by atoms with van der Waals surface area (Å²) in [7, 11) is 3.09. The summed E-state index contributed by atoms with van der Waals surface area (Å²) in [6.45, 7) is 0.182. The van der Waals surface area contributed by atoms with Crippen molar-refractivity contribution in [3.05, 3.63) is 82.9 Å². The van der Waals surface area contributed by atoms with Crippen LogP contribution in [-0.2, 0) is 11.4 Å². The molecule has 0 atom stereocenters. The molecule has 0 aliphatic carbocycles. The van der Waals surface area contributed by atoms with Crippen LogP contribution in [0.15, 0.2) is 71.8 Å². The average Bonchev–Trinajstić information content (AvgIpc) is 2.83. The number of nitrogens with one attached hydrogen (secondary N) is 1. The van der Waals surface area contributed by atoms with Crippen LogP contribution >= 0.6 is 11.6 Å². The first kappa shape index (κ1) is 23.0. The average molecular weight is 455 g/mol. The third-order valence-corrected chi connectivity index (χ3v) is 4.58. The van der Waals surface area contributed by atoms with E-state index in [2.05, 4.69) is 10.5 Å². The lowest BCUT2D eigenvalue weighted by Gasteiger charge is -2.11. The largest absolute Gasteiger partial charge is 0.493 e. The number of nitrogens with zero attached hydrogens (tertiary/aromatic N) is 1. The molecular formula is C24H23ClN2O5. The van der Waals surface area contributed by atoms with Crippen LogP contribution in [0.25, 0.3) is 0 Å². The Morgan fingerprint density at radius 2 is 1.59 bits per heavy atom. The van der Waals surface area contributed by atoms with Crippen molar-refractivity contribution in [1.82, 2.24) is 5.43 Å². The van der Waals surface area contributed by atoms with E-state index >= 15 is 0 Å². The zero-order chi connectivity index (χ0) is 22.8. The Balaban J connectivity index is 1.52. The maximum absolute atomic E-state index is 12.0. The van der Waals surface area contributed by atoms with Crippen LogP contribution < -0.4 is 24.4 Å². The number of amides is 1. The third kappa shape index (κ3) is 6.65. The van der Waals surface area contributed by atoms with Gasteiger partial charge in [0, 0.05) is 5.02 Å². The van der Waals surface area contributed by atoms with Crippen LogP contribution in [0.1, 0.15) is 11.1 Å². The van der Waals surface area contributed by atoms with Gasteiger partial charge in [0.1, 0.15) is 6.61 Å². The van der Waals surface area contributed by atoms with Crippen molar-refractivity contribution in [3.63, 3.8) is 0 Å². The van der Waals surface area contributed by atoms with E-state index < -0.39 is 5.91 Å².